The Balaban J connectivity index is 2.03. The molecule has 0 saturated carbocycles. The third-order valence-electron chi connectivity index (χ3n) is 3.68. The van der Waals surface area contributed by atoms with Crippen molar-refractivity contribution in [1.29, 1.82) is 0 Å². The molecular formula is C19H20N2O6. The number of nitrogens with two attached hydrogens (primary N) is 1. The van der Waals surface area contributed by atoms with Gasteiger partial charge in [0.25, 0.3) is 5.91 Å². The van der Waals surface area contributed by atoms with Crippen LogP contribution in [0.2, 0.25) is 0 Å². The summed E-state index contributed by atoms with van der Waals surface area (Å²) in [4.78, 5) is 35.6. The van der Waals surface area contributed by atoms with Crippen molar-refractivity contribution in [2.24, 2.45) is 5.73 Å². The van der Waals surface area contributed by atoms with Gasteiger partial charge in [-0.25, -0.2) is 4.79 Å². The molecule has 0 aliphatic carbocycles. The van der Waals surface area contributed by atoms with Gasteiger partial charge in [-0.05, 0) is 43.3 Å². The van der Waals surface area contributed by atoms with Crippen molar-refractivity contribution in [2.45, 2.75) is 13.0 Å². The minimum Gasteiger partial charge on any atom is -0.497 e. The largest absolute Gasteiger partial charge is 0.497 e. The molecule has 8 nitrogen and oxygen atoms in total. The van der Waals surface area contributed by atoms with Gasteiger partial charge < -0.3 is 25.3 Å². The van der Waals surface area contributed by atoms with E-state index < -0.39 is 23.9 Å². The molecule has 1 atom stereocenters. The van der Waals surface area contributed by atoms with Crippen molar-refractivity contribution in [3.8, 4) is 11.5 Å². The highest BCUT2D eigenvalue weighted by atomic mass is 16.5. The Bertz CT molecular complexity index is 826. The van der Waals surface area contributed by atoms with E-state index in [4.69, 9.17) is 19.9 Å². The average Bonchev–Trinajstić information content (AvgIpc) is 2.67. The molecule has 142 valence electrons. The number of esters is 1. The Kier molecular flexibility index (Phi) is 6.37. The van der Waals surface area contributed by atoms with Crippen molar-refractivity contribution >= 4 is 23.5 Å². The predicted molar refractivity (Wildman–Crippen MR) is 98.0 cm³/mol. The second kappa shape index (κ2) is 8.70. The van der Waals surface area contributed by atoms with Crippen LogP contribution in [0.25, 0.3) is 0 Å². The minimum absolute atomic E-state index is 0.191. The molecule has 2 aromatic rings. The van der Waals surface area contributed by atoms with Gasteiger partial charge in [0.1, 0.15) is 11.5 Å². The third kappa shape index (κ3) is 5.21. The lowest BCUT2D eigenvalue weighted by molar-refractivity contribution is -0.123. The number of carbonyl (C=O) groups is 3. The molecule has 0 radical (unpaired) electrons. The Morgan fingerprint density at radius 2 is 1.48 bits per heavy atom. The fourth-order valence-corrected chi connectivity index (χ4v) is 2.17. The van der Waals surface area contributed by atoms with Crippen LogP contribution in [0.15, 0.2) is 42.5 Å². The Morgan fingerprint density at radius 3 is 1.96 bits per heavy atom. The molecule has 3 N–H and O–H groups in total. The number of anilines is 1. The van der Waals surface area contributed by atoms with Gasteiger partial charge in [0, 0.05) is 17.3 Å². The lowest BCUT2D eigenvalue weighted by Gasteiger charge is -2.14. The van der Waals surface area contributed by atoms with Crippen LogP contribution < -0.4 is 20.5 Å². The number of rotatable bonds is 7. The lowest BCUT2D eigenvalue weighted by atomic mass is 10.2. The van der Waals surface area contributed by atoms with Crippen LogP contribution >= 0.6 is 0 Å². The molecule has 0 aliphatic heterocycles. The molecule has 0 aromatic heterocycles. The monoisotopic (exact) mass is 372 g/mol. The van der Waals surface area contributed by atoms with Gasteiger partial charge in [-0.3, -0.25) is 9.59 Å². The number of hydrogen-bond acceptors (Lipinski definition) is 6. The Hall–Kier alpha value is -3.55. The fraction of sp³-hybridized carbons (Fsp3) is 0.211. The summed E-state index contributed by atoms with van der Waals surface area (Å²) in [5, 5.41) is 2.59. The number of amides is 2. The Morgan fingerprint density at radius 1 is 0.926 bits per heavy atom. The second-order valence-electron chi connectivity index (χ2n) is 5.58. The molecule has 2 rings (SSSR count). The summed E-state index contributed by atoms with van der Waals surface area (Å²) >= 11 is 0. The van der Waals surface area contributed by atoms with Gasteiger partial charge in [0.2, 0.25) is 5.91 Å². The summed E-state index contributed by atoms with van der Waals surface area (Å²) in [7, 11) is 2.92. The molecule has 0 fully saturated rings. The number of carbonyl (C=O) groups excluding carboxylic acids is 3. The molecule has 0 spiro atoms. The first kappa shape index (κ1) is 19.8. The average molecular weight is 372 g/mol. The van der Waals surface area contributed by atoms with E-state index in [0.29, 0.717) is 22.7 Å². The summed E-state index contributed by atoms with van der Waals surface area (Å²) in [6.45, 7) is 1.45. The first-order chi connectivity index (χ1) is 12.8. The normalized spacial score (nSPS) is 11.2. The zero-order valence-electron chi connectivity index (χ0n) is 15.1. The summed E-state index contributed by atoms with van der Waals surface area (Å²) in [5.41, 5.74) is 6.11. The summed E-state index contributed by atoms with van der Waals surface area (Å²) in [6, 6.07) is 10.6. The Labute approximate surface area is 156 Å². The van der Waals surface area contributed by atoms with Gasteiger partial charge in [-0.15, -0.1) is 0 Å². The van der Waals surface area contributed by atoms with Crippen LogP contribution in [-0.4, -0.2) is 38.1 Å². The van der Waals surface area contributed by atoms with E-state index in [9.17, 15) is 14.4 Å². The van der Waals surface area contributed by atoms with Crippen LogP contribution in [0.4, 0.5) is 5.69 Å². The van der Waals surface area contributed by atoms with Crippen LogP contribution in [0, 0.1) is 0 Å². The van der Waals surface area contributed by atoms with Crippen LogP contribution in [-0.2, 0) is 9.53 Å². The van der Waals surface area contributed by atoms with E-state index in [1.54, 1.807) is 6.07 Å². The number of ether oxygens (including phenoxy) is 3. The molecule has 0 heterocycles. The molecular weight excluding hydrogens is 352 g/mol. The van der Waals surface area contributed by atoms with Gasteiger partial charge >= 0.3 is 5.97 Å². The fourth-order valence-electron chi connectivity index (χ4n) is 2.17. The molecule has 2 amide bonds. The summed E-state index contributed by atoms with van der Waals surface area (Å²) in [5.74, 6) is -0.936. The van der Waals surface area contributed by atoms with Gasteiger partial charge in [0.15, 0.2) is 6.10 Å². The van der Waals surface area contributed by atoms with E-state index >= 15 is 0 Å². The number of hydrogen-bond donors (Lipinski definition) is 2. The topological polar surface area (TPSA) is 117 Å². The molecule has 0 bridgehead atoms. The maximum atomic E-state index is 12.3. The maximum absolute atomic E-state index is 12.3. The van der Waals surface area contributed by atoms with E-state index in [-0.39, 0.29) is 5.56 Å². The number of nitrogens with one attached hydrogen (secondary N) is 1. The number of benzene rings is 2. The van der Waals surface area contributed by atoms with Crippen molar-refractivity contribution in [3.05, 3.63) is 53.6 Å². The zero-order chi connectivity index (χ0) is 20.0. The highest BCUT2D eigenvalue weighted by Crippen LogP contribution is 2.23. The van der Waals surface area contributed by atoms with E-state index in [0.717, 1.165) is 0 Å². The maximum Gasteiger partial charge on any atom is 0.339 e. The molecule has 2 aromatic carbocycles. The quantitative estimate of drug-likeness (QED) is 0.718. The van der Waals surface area contributed by atoms with Crippen LogP contribution in [0.3, 0.4) is 0 Å². The number of primary amides is 1. The van der Waals surface area contributed by atoms with Gasteiger partial charge in [0.05, 0.1) is 19.8 Å². The first-order valence-corrected chi connectivity index (χ1v) is 7.99. The van der Waals surface area contributed by atoms with Crippen LogP contribution in [0.1, 0.15) is 27.6 Å². The highest BCUT2D eigenvalue weighted by Gasteiger charge is 2.20. The van der Waals surface area contributed by atoms with Gasteiger partial charge in [-0.1, -0.05) is 0 Å². The molecule has 27 heavy (non-hydrogen) atoms. The SMILES string of the molecule is COc1cc(OC)cc(C(=O)O[C@@H](C)C(=O)Nc2ccc(C(N)=O)cc2)c1. The molecule has 0 saturated heterocycles. The van der Waals surface area contributed by atoms with E-state index in [2.05, 4.69) is 5.32 Å². The second-order valence-corrected chi connectivity index (χ2v) is 5.58. The summed E-state index contributed by atoms with van der Waals surface area (Å²) < 4.78 is 15.4. The zero-order valence-corrected chi connectivity index (χ0v) is 15.1. The third-order valence-corrected chi connectivity index (χ3v) is 3.68. The lowest BCUT2D eigenvalue weighted by Crippen LogP contribution is -2.30. The highest BCUT2D eigenvalue weighted by molar-refractivity contribution is 5.98. The van der Waals surface area contributed by atoms with Crippen LogP contribution in [0.5, 0.6) is 11.5 Å². The first-order valence-electron chi connectivity index (χ1n) is 7.99. The van der Waals surface area contributed by atoms with Crippen molar-refractivity contribution in [2.75, 3.05) is 19.5 Å². The van der Waals surface area contributed by atoms with Gasteiger partial charge in [-0.2, -0.15) is 0 Å². The van der Waals surface area contributed by atoms with Crippen molar-refractivity contribution < 1.29 is 28.6 Å². The molecule has 8 heteroatoms. The minimum atomic E-state index is -1.05. The van der Waals surface area contributed by atoms with Crippen molar-refractivity contribution in [1.82, 2.24) is 0 Å². The molecule has 0 unspecified atom stereocenters. The van der Waals surface area contributed by atoms with E-state index in [1.807, 2.05) is 0 Å². The van der Waals surface area contributed by atoms with Crippen molar-refractivity contribution in [3.63, 3.8) is 0 Å². The van der Waals surface area contributed by atoms with E-state index in [1.165, 1.54) is 57.5 Å². The number of methoxy groups -OCH3 is 2. The summed E-state index contributed by atoms with van der Waals surface area (Å²) in [6.07, 6.45) is -1.05. The smallest absolute Gasteiger partial charge is 0.339 e. The standard InChI is InChI=1S/C19H20N2O6/c1-11(18(23)21-14-6-4-12(5-7-14)17(20)22)27-19(24)13-8-15(25-2)10-16(9-13)26-3/h4-11H,1-3H3,(H2,20,22)(H,21,23)/t11-/m0/s1. The predicted octanol–water partition coefficient (Wildman–Crippen LogP) is 1.99. The molecule has 0 aliphatic rings.